The van der Waals surface area contributed by atoms with Crippen LogP contribution in [0.4, 0.5) is 22.8 Å². The lowest BCUT2D eigenvalue weighted by Crippen LogP contribution is -2.42. The van der Waals surface area contributed by atoms with Gasteiger partial charge in [-0.1, -0.05) is 48.5 Å². The van der Waals surface area contributed by atoms with Gasteiger partial charge in [-0.3, -0.25) is 4.57 Å². The summed E-state index contributed by atoms with van der Waals surface area (Å²) >= 11 is 0. The van der Waals surface area contributed by atoms with E-state index in [1.54, 1.807) is 20.8 Å². The highest BCUT2D eigenvalue weighted by atomic mass is 19.4. The fourth-order valence-electron chi connectivity index (χ4n) is 5.30. The first-order chi connectivity index (χ1) is 20.2. The normalized spacial score (nSPS) is 13.7. The SMILES string of the molecule is CC(C)(C)OC(=O)n1cc(C[C@H](NC(=O)OCC2c3ccccc3-c3ccccc32)C(=O)O)c2cc(C(F)(F)F)ccc21. The highest BCUT2D eigenvalue weighted by molar-refractivity contribution is 5.93. The van der Waals surface area contributed by atoms with E-state index in [1.165, 1.54) is 6.20 Å². The summed E-state index contributed by atoms with van der Waals surface area (Å²) in [6, 6.07) is 16.7. The van der Waals surface area contributed by atoms with Gasteiger partial charge in [0.15, 0.2) is 0 Å². The molecule has 8 nitrogen and oxygen atoms in total. The van der Waals surface area contributed by atoms with Gasteiger partial charge in [-0.05, 0) is 66.8 Å². The summed E-state index contributed by atoms with van der Waals surface area (Å²) in [6.07, 6.45) is -5.71. The number of hydrogen-bond donors (Lipinski definition) is 2. The van der Waals surface area contributed by atoms with Gasteiger partial charge in [0.2, 0.25) is 0 Å². The van der Waals surface area contributed by atoms with Gasteiger partial charge in [0.25, 0.3) is 0 Å². The largest absolute Gasteiger partial charge is 0.480 e. The smallest absolute Gasteiger partial charge is 0.419 e. The van der Waals surface area contributed by atoms with Gasteiger partial charge in [-0.2, -0.15) is 13.2 Å². The van der Waals surface area contributed by atoms with E-state index < -0.39 is 48.0 Å². The maximum Gasteiger partial charge on any atom is 0.419 e. The summed E-state index contributed by atoms with van der Waals surface area (Å²) in [5.41, 5.74) is 2.32. The molecular weight excluding hydrogens is 565 g/mol. The fraction of sp³-hybridized carbons (Fsp3) is 0.281. The van der Waals surface area contributed by atoms with Gasteiger partial charge in [-0.25, -0.2) is 14.4 Å². The zero-order valence-corrected chi connectivity index (χ0v) is 23.6. The number of alkyl carbamates (subject to hydrolysis) is 1. The van der Waals surface area contributed by atoms with E-state index in [9.17, 15) is 32.7 Å². The van der Waals surface area contributed by atoms with E-state index in [0.717, 1.165) is 45.0 Å². The second-order valence-electron chi connectivity index (χ2n) is 11.3. The number of carbonyl (C=O) groups is 3. The minimum absolute atomic E-state index is 0.00118. The molecule has 1 amide bonds. The number of nitrogens with zero attached hydrogens (tertiary/aromatic N) is 1. The number of rotatable bonds is 6. The van der Waals surface area contributed by atoms with Crippen molar-refractivity contribution in [2.24, 2.45) is 0 Å². The average Bonchev–Trinajstić information content (AvgIpc) is 3.45. The Morgan fingerprint density at radius 3 is 2.12 bits per heavy atom. The van der Waals surface area contributed by atoms with Crippen molar-refractivity contribution in [3.63, 3.8) is 0 Å². The number of alkyl halides is 3. The Bertz CT molecular complexity index is 1670. The van der Waals surface area contributed by atoms with Gasteiger partial charge in [0.05, 0.1) is 11.1 Å². The number of aromatic nitrogens is 1. The number of carbonyl (C=O) groups excluding carboxylic acids is 2. The van der Waals surface area contributed by atoms with Crippen molar-refractivity contribution in [1.82, 2.24) is 9.88 Å². The van der Waals surface area contributed by atoms with E-state index in [4.69, 9.17) is 9.47 Å². The zero-order chi connectivity index (χ0) is 31.1. The van der Waals surface area contributed by atoms with Gasteiger partial charge in [0.1, 0.15) is 18.2 Å². The minimum Gasteiger partial charge on any atom is -0.480 e. The molecule has 224 valence electrons. The molecule has 1 aromatic heterocycles. The number of aliphatic carboxylic acids is 1. The molecule has 0 radical (unpaired) electrons. The predicted octanol–water partition coefficient (Wildman–Crippen LogP) is 6.98. The maximum atomic E-state index is 13.5. The number of ether oxygens (including phenoxy) is 2. The van der Waals surface area contributed by atoms with Crippen LogP contribution < -0.4 is 5.32 Å². The van der Waals surface area contributed by atoms with Crippen LogP contribution in [0.1, 0.15) is 48.9 Å². The Labute approximate surface area is 245 Å². The summed E-state index contributed by atoms with van der Waals surface area (Å²) < 4.78 is 52.5. The molecule has 5 rings (SSSR count). The Kier molecular flexibility index (Phi) is 7.68. The summed E-state index contributed by atoms with van der Waals surface area (Å²) in [5, 5.41) is 12.2. The van der Waals surface area contributed by atoms with Gasteiger partial charge in [0, 0.05) is 23.9 Å². The molecule has 1 atom stereocenters. The topological polar surface area (TPSA) is 107 Å². The summed E-state index contributed by atoms with van der Waals surface area (Å²) in [6.45, 7) is 4.85. The van der Waals surface area contributed by atoms with Crippen LogP contribution in [0.2, 0.25) is 0 Å². The van der Waals surface area contributed by atoms with Crippen molar-refractivity contribution in [3.8, 4) is 11.1 Å². The van der Waals surface area contributed by atoms with Crippen LogP contribution in [0.5, 0.6) is 0 Å². The van der Waals surface area contributed by atoms with Crippen LogP contribution >= 0.6 is 0 Å². The molecule has 43 heavy (non-hydrogen) atoms. The lowest BCUT2D eigenvalue weighted by atomic mass is 9.98. The fourth-order valence-corrected chi connectivity index (χ4v) is 5.30. The number of hydrogen-bond acceptors (Lipinski definition) is 5. The average molecular weight is 595 g/mol. The van der Waals surface area contributed by atoms with Crippen LogP contribution in [0.15, 0.2) is 72.9 Å². The van der Waals surface area contributed by atoms with Crippen LogP contribution in [-0.4, -0.2) is 46.1 Å². The van der Waals surface area contributed by atoms with Crippen molar-refractivity contribution in [3.05, 3.63) is 95.2 Å². The molecule has 0 aliphatic heterocycles. The Morgan fingerprint density at radius 1 is 0.953 bits per heavy atom. The van der Waals surface area contributed by atoms with Crippen LogP contribution in [0.3, 0.4) is 0 Å². The van der Waals surface area contributed by atoms with E-state index >= 15 is 0 Å². The highest BCUT2D eigenvalue weighted by Gasteiger charge is 2.33. The molecule has 3 aromatic carbocycles. The van der Waals surface area contributed by atoms with E-state index in [-0.39, 0.29) is 29.0 Å². The standard InChI is InChI=1S/C32H29F3N2O6/c1-31(2,3)43-30(41)37-16-18(24-15-19(32(33,34)35)12-13-27(24)37)14-26(28(38)39)36-29(40)42-17-25-22-10-6-4-8-20(22)21-9-5-7-11-23(21)25/h4-13,15-16,25-26H,14,17H2,1-3H3,(H,36,40)(H,38,39)/t26-/m0/s1. The molecule has 0 unspecified atom stereocenters. The molecule has 0 saturated carbocycles. The first-order valence-electron chi connectivity index (χ1n) is 13.5. The third-order valence-corrected chi connectivity index (χ3v) is 7.16. The molecule has 0 spiro atoms. The molecule has 0 bridgehead atoms. The van der Waals surface area contributed by atoms with Crippen LogP contribution in [-0.2, 0) is 26.9 Å². The van der Waals surface area contributed by atoms with E-state index in [2.05, 4.69) is 5.32 Å². The summed E-state index contributed by atoms with van der Waals surface area (Å²) in [7, 11) is 0. The van der Waals surface area contributed by atoms with E-state index in [0.29, 0.717) is 0 Å². The first kappa shape index (κ1) is 29.7. The second-order valence-corrected chi connectivity index (χ2v) is 11.3. The lowest BCUT2D eigenvalue weighted by Gasteiger charge is -2.19. The molecule has 11 heteroatoms. The number of carboxylic acid groups (broad SMARTS) is 1. The van der Waals surface area contributed by atoms with Crippen molar-refractivity contribution in [2.75, 3.05) is 6.61 Å². The lowest BCUT2D eigenvalue weighted by molar-refractivity contribution is -0.139. The second kappa shape index (κ2) is 11.1. The van der Waals surface area contributed by atoms with Crippen molar-refractivity contribution < 1.29 is 42.1 Å². The summed E-state index contributed by atoms with van der Waals surface area (Å²) in [5.74, 6) is -1.69. The van der Waals surface area contributed by atoms with Crippen molar-refractivity contribution in [1.29, 1.82) is 0 Å². The number of carboxylic acids is 1. The quantitative estimate of drug-likeness (QED) is 0.250. The third kappa shape index (κ3) is 6.20. The van der Waals surface area contributed by atoms with Crippen LogP contribution in [0, 0.1) is 0 Å². The molecule has 2 N–H and O–H groups in total. The van der Waals surface area contributed by atoms with Gasteiger partial charge < -0.3 is 19.9 Å². The molecular formula is C32H29F3N2O6. The van der Waals surface area contributed by atoms with Gasteiger partial charge >= 0.3 is 24.3 Å². The third-order valence-electron chi connectivity index (χ3n) is 7.16. The predicted molar refractivity (Wildman–Crippen MR) is 152 cm³/mol. The minimum atomic E-state index is -4.68. The number of halogens is 3. The highest BCUT2D eigenvalue weighted by Crippen LogP contribution is 2.44. The Morgan fingerprint density at radius 2 is 1.56 bits per heavy atom. The summed E-state index contributed by atoms with van der Waals surface area (Å²) in [4.78, 5) is 37.9. The number of benzene rings is 3. The molecule has 4 aromatic rings. The van der Waals surface area contributed by atoms with Crippen molar-refractivity contribution in [2.45, 2.75) is 50.9 Å². The molecule has 1 heterocycles. The monoisotopic (exact) mass is 594 g/mol. The maximum absolute atomic E-state index is 13.5. The number of nitrogens with one attached hydrogen (secondary N) is 1. The van der Waals surface area contributed by atoms with E-state index in [1.807, 2.05) is 48.5 Å². The molecule has 1 aliphatic carbocycles. The van der Waals surface area contributed by atoms with Crippen LogP contribution in [0.25, 0.3) is 22.0 Å². The van der Waals surface area contributed by atoms with Crippen molar-refractivity contribution >= 4 is 29.1 Å². The number of fused-ring (bicyclic) bond motifs is 4. The number of amides is 1. The molecule has 1 aliphatic rings. The zero-order valence-electron chi connectivity index (χ0n) is 23.6. The molecule has 0 saturated heterocycles. The molecule has 0 fully saturated rings. The Hall–Kier alpha value is -4.80. The first-order valence-corrected chi connectivity index (χ1v) is 13.5. The van der Waals surface area contributed by atoms with Gasteiger partial charge in [-0.15, -0.1) is 0 Å². The Balaban J connectivity index is 1.38.